The second-order valence-corrected chi connectivity index (χ2v) is 5.01. The van der Waals surface area contributed by atoms with Crippen molar-refractivity contribution in [2.75, 3.05) is 11.9 Å². The number of carbonyl (C=O) groups is 1. The van der Waals surface area contributed by atoms with E-state index in [-0.39, 0.29) is 11.9 Å². The fourth-order valence-electron chi connectivity index (χ4n) is 2.14. The molecule has 4 heteroatoms. The van der Waals surface area contributed by atoms with Crippen LogP contribution in [0.15, 0.2) is 18.5 Å². The minimum Gasteiger partial charge on any atom is -0.383 e. The quantitative estimate of drug-likeness (QED) is 0.811. The average Bonchev–Trinajstić information content (AvgIpc) is 3.13. The van der Waals surface area contributed by atoms with Crippen molar-refractivity contribution in [1.82, 2.24) is 10.3 Å². The van der Waals surface area contributed by atoms with Gasteiger partial charge in [0.15, 0.2) is 0 Å². The Balaban J connectivity index is 1.98. The van der Waals surface area contributed by atoms with E-state index in [1.165, 1.54) is 12.8 Å². The summed E-state index contributed by atoms with van der Waals surface area (Å²) in [4.78, 5) is 16.2. The van der Waals surface area contributed by atoms with E-state index in [1.54, 1.807) is 18.5 Å². The van der Waals surface area contributed by atoms with E-state index < -0.39 is 0 Å². The van der Waals surface area contributed by atoms with E-state index >= 15 is 0 Å². The number of nitrogens with one attached hydrogen (secondary N) is 2. The Morgan fingerprint density at radius 2 is 2.33 bits per heavy atom. The van der Waals surface area contributed by atoms with Crippen LogP contribution in [0, 0.1) is 5.92 Å². The summed E-state index contributed by atoms with van der Waals surface area (Å²) in [7, 11) is 0. The van der Waals surface area contributed by atoms with Crippen LogP contribution in [-0.4, -0.2) is 23.5 Å². The van der Waals surface area contributed by atoms with Crippen molar-refractivity contribution in [3.63, 3.8) is 0 Å². The molecule has 0 aliphatic heterocycles. The van der Waals surface area contributed by atoms with Crippen LogP contribution >= 0.6 is 0 Å². The molecule has 0 spiro atoms. The maximum Gasteiger partial charge on any atom is 0.253 e. The topological polar surface area (TPSA) is 54.0 Å². The Bertz CT molecular complexity index is 415. The lowest BCUT2D eigenvalue weighted by Crippen LogP contribution is -2.33. The second kappa shape index (κ2) is 5.85. The van der Waals surface area contributed by atoms with E-state index in [0.717, 1.165) is 24.6 Å². The maximum absolute atomic E-state index is 12.2. The summed E-state index contributed by atoms with van der Waals surface area (Å²) in [6.07, 6.45) is 7.08. The molecule has 1 aliphatic rings. The highest BCUT2D eigenvalue weighted by molar-refractivity contribution is 5.99. The highest BCUT2D eigenvalue weighted by atomic mass is 16.1. The lowest BCUT2D eigenvalue weighted by Gasteiger charge is -2.15. The van der Waals surface area contributed by atoms with Gasteiger partial charge in [0.1, 0.15) is 0 Å². The van der Waals surface area contributed by atoms with Crippen molar-refractivity contribution >= 4 is 11.6 Å². The van der Waals surface area contributed by atoms with Crippen LogP contribution in [0.3, 0.4) is 0 Å². The molecule has 0 bridgehead atoms. The maximum atomic E-state index is 12.2. The van der Waals surface area contributed by atoms with E-state index in [0.29, 0.717) is 5.56 Å². The van der Waals surface area contributed by atoms with Crippen LogP contribution in [0.1, 0.15) is 43.5 Å². The van der Waals surface area contributed by atoms with Gasteiger partial charge in [0, 0.05) is 18.8 Å². The minimum absolute atomic E-state index is 0.0125. The highest BCUT2D eigenvalue weighted by Crippen LogP contribution is 2.33. The van der Waals surface area contributed by atoms with Crippen molar-refractivity contribution < 1.29 is 4.79 Å². The van der Waals surface area contributed by atoms with E-state index in [2.05, 4.69) is 22.5 Å². The number of hydrogen-bond acceptors (Lipinski definition) is 3. The molecule has 4 nitrogen and oxygen atoms in total. The van der Waals surface area contributed by atoms with E-state index in [4.69, 9.17) is 0 Å². The molecule has 2 N–H and O–H groups in total. The second-order valence-electron chi connectivity index (χ2n) is 5.01. The first-order valence-corrected chi connectivity index (χ1v) is 6.69. The minimum atomic E-state index is -0.0125. The van der Waals surface area contributed by atoms with Gasteiger partial charge in [-0.25, -0.2) is 0 Å². The number of nitrogens with zero attached hydrogens (tertiary/aromatic N) is 1. The average molecular weight is 247 g/mol. The summed E-state index contributed by atoms with van der Waals surface area (Å²) in [5.74, 6) is 0.812. The summed E-state index contributed by atoms with van der Waals surface area (Å²) < 4.78 is 0. The smallest absolute Gasteiger partial charge is 0.253 e. The number of amides is 1. The Labute approximate surface area is 108 Å². The van der Waals surface area contributed by atoms with Crippen molar-refractivity contribution in [1.29, 1.82) is 0 Å². The molecular weight excluding hydrogens is 226 g/mol. The van der Waals surface area contributed by atoms with Crippen LogP contribution in [0.2, 0.25) is 0 Å². The number of rotatable bonds is 6. The number of carbonyl (C=O) groups excluding carboxylic acids is 1. The number of aromatic nitrogens is 1. The van der Waals surface area contributed by atoms with Gasteiger partial charge in [-0.05, 0) is 32.3 Å². The molecule has 1 amide bonds. The summed E-state index contributed by atoms with van der Waals surface area (Å²) in [6.45, 7) is 4.86. The number of anilines is 1. The SMILES string of the molecule is CCNc1cnccc1C(=O)NC(C)CC1CC1. The Morgan fingerprint density at radius 3 is 3.00 bits per heavy atom. The molecule has 1 aromatic rings. The summed E-state index contributed by atoms with van der Waals surface area (Å²) in [5.41, 5.74) is 1.48. The summed E-state index contributed by atoms with van der Waals surface area (Å²) in [6, 6.07) is 2.00. The number of hydrogen-bond donors (Lipinski definition) is 2. The van der Waals surface area contributed by atoms with Gasteiger partial charge in [0.05, 0.1) is 17.4 Å². The molecule has 0 radical (unpaired) electrons. The zero-order valence-corrected chi connectivity index (χ0v) is 11.1. The molecule has 1 aliphatic carbocycles. The zero-order valence-electron chi connectivity index (χ0n) is 11.1. The van der Waals surface area contributed by atoms with Crippen molar-refractivity contribution in [3.05, 3.63) is 24.0 Å². The molecule has 98 valence electrons. The predicted molar refractivity (Wildman–Crippen MR) is 72.7 cm³/mol. The van der Waals surface area contributed by atoms with Crippen LogP contribution in [-0.2, 0) is 0 Å². The van der Waals surface area contributed by atoms with Crippen LogP contribution < -0.4 is 10.6 Å². The van der Waals surface area contributed by atoms with Gasteiger partial charge in [-0.1, -0.05) is 12.8 Å². The first-order chi connectivity index (χ1) is 8.70. The Morgan fingerprint density at radius 1 is 1.56 bits per heavy atom. The first kappa shape index (κ1) is 12.9. The van der Waals surface area contributed by atoms with E-state index in [9.17, 15) is 4.79 Å². The molecule has 2 rings (SSSR count). The molecular formula is C14H21N3O. The third-order valence-corrected chi connectivity index (χ3v) is 3.19. The zero-order chi connectivity index (χ0) is 13.0. The third-order valence-electron chi connectivity index (χ3n) is 3.19. The predicted octanol–water partition coefficient (Wildman–Crippen LogP) is 2.43. The lowest BCUT2D eigenvalue weighted by molar-refractivity contribution is 0.0938. The van der Waals surface area contributed by atoms with Gasteiger partial charge in [-0.15, -0.1) is 0 Å². The van der Waals surface area contributed by atoms with Gasteiger partial charge in [-0.3, -0.25) is 9.78 Å². The Hall–Kier alpha value is -1.58. The molecule has 18 heavy (non-hydrogen) atoms. The van der Waals surface area contributed by atoms with E-state index in [1.807, 2.05) is 6.92 Å². The van der Waals surface area contributed by atoms with Crippen LogP contribution in [0.25, 0.3) is 0 Å². The molecule has 0 saturated heterocycles. The molecule has 1 aromatic heterocycles. The fraction of sp³-hybridized carbons (Fsp3) is 0.571. The van der Waals surface area contributed by atoms with Crippen molar-refractivity contribution in [3.8, 4) is 0 Å². The Kier molecular flexibility index (Phi) is 4.18. The molecule has 1 atom stereocenters. The van der Waals surface area contributed by atoms with Gasteiger partial charge < -0.3 is 10.6 Å². The summed E-state index contributed by atoms with van der Waals surface area (Å²) in [5, 5.41) is 6.22. The molecule has 1 unspecified atom stereocenters. The molecule has 1 saturated carbocycles. The summed E-state index contributed by atoms with van der Waals surface area (Å²) >= 11 is 0. The first-order valence-electron chi connectivity index (χ1n) is 6.69. The monoisotopic (exact) mass is 247 g/mol. The van der Waals surface area contributed by atoms with Gasteiger partial charge in [0.25, 0.3) is 5.91 Å². The lowest BCUT2D eigenvalue weighted by atomic mass is 10.1. The number of pyridine rings is 1. The standard InChI is InChI=1S/C14H21N3O/c1-3-16-13-9-15-7-6-12(13)14(18)17-10(2)8-11-4-5-11/h6-7,9-11,16H,3-5,8H2,1-2H3,(H,17,18). The van der Waals surface area contributed by atoms with Gasteiger partial charge >= 0.3 is 0 Å². The third kappa shape index (κ3) is 3.45. The van der Waals surface area contributed by atoms with Gasteiger partial charge in [-0.2, -0.15) is 0 Å². The van der Waals surface area contributed by atoms with Gasteiger partial charge in [0.2, 0.25) is 0 Å². The largest absolute Gasteiger partial charge is 0.383 e. The van der Waals surface area contributed by atoms with Crippen LogP contribution in [0.4, 0.5) is 5.69 Å². The van der Waals surface area contributed by atoms with Crippen LogP contribution in [0.5, 0.6) is 0 Å². The normalized spacial score (nSPS) is 16.1. The molecule has 1 heterocycles. The molecule has 0 aromatic carbocycles. The van der Waals surface area contributed by atoms with Crippen molar-refractivity contribution in [2.24, 2.45) is 5.92 Å². The fourth-order valence-corrected chi connectivity index (χ4v) is 2.14. The molecule has 1 fully saturated rings. The van der Waals surface area contributed by atoms with Crippen molar-refractivity contribution in [2.45, 2.75) is 39.2 Å². The highest BCUT2D eigenvalue weighted by Gasteiger charge is 2.24.